The number of unbranched alkanes of at least 4 members (excludes halogenated alkanes) is 6. The molecule has 1 fully saturated rings. The molecule has 0 aromatic heterocycles. The average Bonchev–Trinajstić information content (AvgIpc) is 2.54. The molecule has 3 N–H and O–H groups in total. The van der Waals surface area contributed by atoms with Crippen LogP contribution in [0.2, 0.25) is 0 Å². The molecule has 130 valence electrons. The van der Waals surface area contributed by atoms with Gasteiger partial charge in [-0.3, -0.25) is 4.79 Å². The summed E-state index contributed by atoms with van der Waals surface area (Å²) in [5.74, 6) is 0.395. The fourth-order valence-electron chi connectivity index (χ4n) is 3.25. The van der Waals surface area contributed by atoms with Crippen LogP contribution in [-0.4, -0.2) is 40.8 Å². The molecule has 0 saturated carbocycles. The van der Waals surface area contributed by atoms with Crippen LogP contribution in [0.25, 0.3) is 0 Å². The van der Waals surface area contributed by atoms with Crippen LogP contribution in [0.1, 0.15) is 84.0 Å². The second-order valence-electron chi connectivity index (χ2n) is 6.70. The molecule has 0 bridgehead atoms. The quantitative estimate of drug-likeness (QED) is 0.485. The molecule has 0 aromatic carbocycles. The zero-order valence-electron chi connectivity index (χ0n) is 14.2. The summed E-state index contributed by atoms with van der Waals surface area (Å²) in [6.07, 6.45) is 12.6. The lowest BCUT2D eigenvalue weighted by Crippen LogP contribution is -2.52. The molecule has 0 aliphatic carbocycles. The highest BCUT2D eigenvalue weighted by Gasteiger charge is 2.27. The van der Waals surface area contributed by atoms with E-state index in [1.54, 1.807) is 0 Å². The third-order valence-corrected chi connectivity index (χ3v) is 4.82. The Kier molecular flexibility index (Phi) is 10.7. The summed E-state index contributed by atoms with van der Waals surface area (Å²) < 4.78 is 0. The summed E-state index contributed by atoms with van der Waals surface area (Å²) in [5.41, 5.74) is 0. The molecule has 0 radical (unpaired) electrons. The number of Topliss-reactive ketones (excluding diaryl/α,β-unsaturated/α-hetero) is 1. The average molecular weight is 313 g/mol. The smallest absolute Gasteiger partial charge is 0.132 e. The van der Waals surface area contributed by atoms with Crippen molar-refractivity contribution in [2.24, 2.45) is 0 Å². The molecule has 4 heteroatoms. The molecule has 0 amide bonds. The van der Waals surface area contributed by atoms with Crippen LogP contribution in [0, 0.1) is 0 Å². The molecular formula is C18H35NO3. The van der Waals surface area contributed by atoms with E-state index in [2.05, 4.69) is 5.32 Å². The third-order valence-electron chi connectivity index (χ3n) is 4.82. The van der Waals surface area contributed by atoms with Crippen molar-refractivity contribution in [3.8, 4) is 0 Å². The molecule has 1 saturated heterocycles. The first kappa shape index (κ1) is 19.6. The van der Waals surface area contributed by atoms with Gasteiger partial charge in [0.1, 0.15) is 5.78 Å². The van der Waals surface area contributed by atoms with Gasteiger partial charge in [-0.15, -0.1) is 0 Å². The predicted molar refractivity (Wildman–Crippen MR) is 89.9 cm³/mol. The molecule has 22 heavy (non-hydrogen) atoms. The highest BCUT2D eigenvalue weighted by molar-refractivity contribution is 5.77. The number of carbonyl (C=O) groups excluding carboxylic acids is 1. The van der Waals surface area contributed by atoms with Crippen molar-refractivity contribution in [2.75, 3.05) is 6.61 Å². The Morgan fingerprint density at radius 1 is 1.05 bits per heavy atom. The van der Waals surface area contributed by atoms with Gasteiger partial charge in [-0.05, 0) is 25.7 Å². The van der Waals surface area contributed by atoms with E-state index < -0.39 is 0 Å². The maximum Gasteiger partial charge on any atom is 0.132 e. The molecule has 1 aliphatic heterocycles. The van der Waals surface area contributed by atoms with Gasteiger partial charge in [0.25, 0.3) is 0 Å². The van der Waals surface area contributed by atoms with Gasteiger partial charge in [0.05, 0.1) is 18.8 Å². The first-order chi connectivity index (χ1) is 10.7. The molecular weight excluding hydrogens is 278 g/mol. The highest BCUT2D eigenvalue weighted by atomic mass is 16.3. The van der Waals surface area contributed by atoms with Crippen molar-refractivity contribution in [1.29, 1.82) is 0 Å². The Bertz CT molecular complexity index is 296. The Hall–Kier alpha value is -0.450. The predicted octanol–water partition coefficient (Wildman–Crippen LogP) is 2.95. The second-order valence-corrected chi connectivity index (χ2v) is 6.70. The normalized spacial score (nSPS) is 25.3. The van der Waals surface area contributed by atoms with Gasteiger partial charge in [-0.25, -0.2) is 0 Å². The molecule has 0 spiro atoms. The minimum absolute atomic E-state index is 0.0260. The molecule has 0 aromatic rings. The van der Waals surface area contributed by atoms with Crippen molar-refractivity contribution in [2.45, 2.75) is 102 Å². The van der Waals surface area contributed by atoms with E-state index >= 15 is 0 Å². The van der Waals surface area contributed by atoms with Crippen molar-refractivity contribution < 1.29 is 15.0 Å². The van der Waals surface area contributed by atoms with Gasteiger partial charge in [0, 0.05) is 18.9 Å². The van der Waals surface area contributed by atoms with Crippen molar-refractivity contribution >= 4 is 5.78 Å². The Morgan fingerprint density at radius 3 is 2.32 bits per heavy atom. The van der Waals surface area contributed by atoms with Crippen LogP contribution in [0.5, 0.6) is 0 Å². The first-order valence-corrected chi connectivity index (χ1v) is 9.24. The van der Waals surface area contributed by atoms with Crippen LogP contribution >= 0.6 is 0 Å². The van der Waals surface area contributed by atoms with Crippen LogP contribution < -0.4 is 5.32 Å². The summed E-state index contributed by atoms with van der Waals surface area (Å²) in [4.78, 5) is 11.2. The Morgan fingerprint density at radius 2 is 1.68 bits per heavy atom. The van der Waals surface area contributed by atoms with Gasteiger partial charge in [0.2, 0.25) is 0 Å². The standard InChI is InChI=1S/C18H35NO3/c1-2-16(21)11-9-7-5-3-4-6-8-10-15-12-13-18(22)17(14-20)19-15/h15,17-20,22H,2-14H2,1H3/t15-,17+,18-/m1/s1. The number of aliphatic hydroxyl groups excluding tert-OH is 2. The number of carbonyl (C=O) groups is 1. The number of piperidine rings is 1. The number of hydrogen-bond acceptors (Lipinski definition) is 4. The molecule has 4 nitrogen and oxygen atoms in total. The van der Waals surface area contributed by atoms with Crippen molar-refractivity contribution in [3.63, 3.8) is 0 Å². The number of nitrogens with one attached hydrogen (secondary N) is 1. The minimum Gasteiger partial charge on any atom is -0.395 e. The minimum atomic E-state index is -0.388. The monoisotopic (exact) mass is 313 g/mol. The number of hydrogen-bond donors (Lipinski definition) is 3. The van der Waals surface area contributed by atoms with Gasteiger partial charge >= 0.3 is 0 Å². The molecule has 3 atom stereocenters. The second kappa shape index (κ2) is 12.0. The lowest BCUT2D eigenvalue weighted by atomic mass is 9.93. The summed E-state index contributed by atoms with van der Waals surface area (Å²) >= 11 is 0. The zero-order chi connectivity index (χ0) is 16.2. The van der Waals surface area contributed by atoms with Gasteiger partial charge in [-0.2, -0.15) is 0 Å². The topological polar surface area (TPSA) is 69.6 Å². The van der Waals surface area contributed by atoms with Crippen LogP contribution in [0.3, 0.4) is 0 Å². The van der Waals surface area contributed by atoms with Crippen LogP contribution in [0.4, 0.5) is 0 Å². The van der Waals surface area contributed by atoms with Crippen LogP contribution in [0.15, 0.2) is 0 Å². The first-order valence-electron chi connectivity index (χ1n) is 9.24. The van der Waals surface area contributed by atoms with E-state index in [1.807, 2.05) is 6.92 Å². The van der Waals surface area contributed by atoms with E-state index in [0.717, 1.165) is 32.1 Å². The van der Waals surface area contributed by atoms with Crippen molar-refractivity contribution in [3.05, 3.63) is 0 Å². The van der Waals surface area contributed by atoms with Crippen molar-refractivity contribution in [1.82, 2.24) is 5.32 Å². The van der Waals surface area contributed by atoms with E-state index in [0.29, 0.717) is 18.2 Å². The largest absolute Gasteiger partial charge is 0.395 e. The molecule has 1 heterocycles. The lowest BCUT2D eigenvalue weighted by molar-refractivity contribution is -0.118. The van der Waals surface area contributed by atoms with Gasteiger partial charge < -0.3 is 15.5 Å². The Balaban J connectivity index is 1.90. The summed E-state index contributed by atoms with van der Waals surface area (Å²) in [6, 6.07) is 0.324. The zero-order valence-corrected chi connectivity index (χ0v) is 14.2. The molecule has 1 aliphatic rings. The summed E-state index contributed by atoms with van der Waals surface area (Å²) in [7, 11) is 0. The number of aliphatic hydroxyl groups is 2. The summed E-state index contributed by atoms with van der Waals surface area (Å²) in [5, 5.41) is 22.3. The SMILES string of the molecule is CCC(=O)CCCCCCCCC[C@@H]1CC[C@@H](O)[C@H](CO)N1. The maximum atomic E-state index is 11.2. The van der Waals surface area contributed by atoms with E-state index in [4.69, 9.17) is 0 Å². The molecule has 0 unspecified atom stereocenters. The summed E-state index contributed by atoms with van der Waals surface area (Å²) in [6.45, 7) is 1.96. The third kappa shape index (κ3) is 8.25. The number of ketones is 1. The van der Waals surface area contributed by atoms with E-state index in [-0.39, 0.29) is 18.8 Å². The lowest BCUT2D eigenvalue weighted by Gasteiger charge is -2.34. The van der Waals surface area contributed by atoms with E-state index in [1.165, 1.54) is 38.5 Å². The maximum absolute atomic E-state index is 11.2. The number of rotatable bonds is 12. The molecule has 1 rings (SSSR count). The Labute approximate surface area is 135 Å². The van der Waals surface area contributed by atoms with Crippen LogP contribution in [-0.2, 0) is 4.79 Å². The highest BCUT2D eigenvalue weighted by Crippen LogP contribution is 2.18. The van der Waals surface area contributed by atoms with E-state index in [9.17, 15) is 15.0 Å². The van der Waals surface area contributed by atoms with Gasteiger partial charge in [0.15, 0.2) is 0 Å². The van der Waals surface area contributed by atoms with Gasteiger partial charge in [-0.1, -0.05) is 45.4 Å². The fourth-order valence-corrected chi connectivity index (χ4v) is 3.25. The fraction of sp³-hybridized carbons (Fsp3) is 0.944.